The highest BCUT2D eigenvalue weighted by Gasteiger charge is 2.30. The van der Waals surface area contributed by atoms with Crippen LogP contribution in [-0.4, -0.2) is 26.8 Å². The molecular weight excluding hydrogens is 236 g/mol. The van der Waals surface area contributed by atoms with E-state index in [9.17, 15) is 8.42 Å². The van der Waals surface area contributed by atoms with Gasteiger partial charge in [0.25, 0.3) is 0 Å². The highest BCUT2D eigenvalue weighted by Crippen LogP contribution is 2.30. The molecule has 0 aliphatic heterocycles. The summed E-state index contributed by atoms with van der Waals surface area (Å²) in [5.74, 6) is 1.18. The third-order valence-electron chi connectivity index (χ3n) is 3.62. The van der Waals surface area contributed by atoms with Gasteiger partial charge < -0.3 is 5.73 Å². The van der Waals surface area contributed by atoms with Gasteiger partial charge in [-0.2, -0.15) is 0 Å². The number of rotatable bonds is 6. The van der Waals surface area contributed by atoms with Crippen molar-refractivity contribution >= 4 is 10.0 Å². The Labute approximate surface area is 105 Å². The minimum Gasteiger partial charge on any atom is -0.330 e. The molecule has 1 saturated carbocycles. The zero-order valence-corrected chi connectivity index (χ0v) is 11.8. The lowest BCUT2D eigenvalue weighted by Gasteiger charge is -2.34. The molecule has 1 rings (SSSR count). The molecule has 0 aromatic heterocycles. The number of nitrogens with two attached hydrogens (primary N) is 1. The largest absolute Gasteiger partial charge is 0.330 e. The quantitative estimate of drug-likeness (QED) is 0.761. The van der Waals surface area contributed by atoms with Gasteiger partial charge in [0.1, 0.15) is 0 Å². The maximum atomic E-state index is 11.9. The summed E-state index contributed by atoms with van der Waals surface area (Å²) in [5.41, 5.74) is 5.35. The lowest BCUT2D eigenvalue weighted by Crippen LogP contribution is -2.44. The smallest absolute Gasteiger partial charge is 0.211 e. The average molecular weight is 262 g/mol. The van der Waals surface area contributed by atoms with Gasteiger partial charge in [-0.15, -0.1) is 0 Å². The second-order valence-electron chi connectivity index (χ2n) is 5.38. The summed E-state index contributed by atoms with van der Waals surface area (Å²) in [7, 11) is -3.14. The van der Waals surface area contributed by atoms with Crippen LogP contribution in [0.5, 0.6) is 0 Å². The molecule has 3 N–H and O–H groups in total. The Morgan fingerprint density at radius 3 is 2.53 bits per heavy atom. The molecule has 102 valence electrons. The first-order valence-electron chi connectivity index (χ1n) is 6.66. The van der Waals surface area contributed by atoms with Crippen molar-refractivity contribution in [1.82, 2.24) is 4.72 Å². The predicted molar refractivity (Wildman–Crippen MR) is 71.2 cm³/mol. The Kier molecular flexibility index (Phi) is 5.89. The lowest BCUT2D eigenvalue weighted by molar-refractivity contribution is 0.226. The molecule has 0 aromatic rings. The van der Waals surface area contributed by atoms with Gasteiger partial charge in [-0.3, -0.25) is 0 Å². The van der Waals surface area contributed by atoms with Crippen molar-refractivity contribution in [3.8, 4) is 0 Å². The van der Waals surface area contributed by atoms with Crippen molar-refractivity contribution in [2.45, 2.75) is 52.0 Å². The Balaban J connectivity index is 2.58. The third kappa shape index (κ3) is 4.94. The normalized spacial score (nSPS) is 26.4. The van der Waals surface area contributed by atoms with Crippen LogP contribution >= 0.6 is 0 Å². The van der Waals surface area contributed by atoms with Crippen molar-refractivity contribution in [2.75, 3.05) is 12.3 Å². The van der Waals surface area contributed by atoms with Crippen molar-refractivity contribution in [2.24, 2.45) is 17.6 Å². The summed E-state index contributed by atoms with van der Waals surface area (Å²) in [4.78, 5) is 0. The van der Waals surface area contributed by atoms with Crippen LogP contribution in [0, 0.1) is 11.8 Å². The number of nitrogens with one attached hydrogen (secondary N) is 1. The zero-order valence-electron chi connectivity index (χ0n) is 11.0. The molecule has 0 radical (unpaired) electrons. The van der Waals surface area contributed by atoms with Crippen LogP contribution in [0.3, 0.4) is 0 Å². The molecular formula is C12H26N2O2S. The van der Waals surface area contributed by atoms with Crippen molar-refractivity contribution < 1.29 is 8.42 Å². The Hall–Kier alpha value is -0.130. The van der Waals surface area contributed by atoms with Crippen LogP contribution in [0.4, 0.5) is 0 Å². The van der Waals surface area contributed by atoms with E-state index in [0.717, 1.165) is 19.3 Å². The highest BCUT2D eigenvalue weighted by molar-refractivity contribution is 7.89. The first-order valence-corrected chi connectivity index (χ1v) is 8.31. The van der Waals surface area contributed by atoms with E-state index in [-0.39, 0.29) is 11.8 Å². The summed E-state index contributed by atoms with van der Waals surface area (Å²) in [5, 5.41) is 0. The molecule has 2 unspecified atom stereocenters. The molecule has 5 heteroatoms. The molecule has 2 atom stereocenters. The van der Waals surface area contributed by atoms with E-state index < -0.39 is 10.0 Å². The van der Waals surface area contributed by atoms with E-state index >= 15 is 0 Å². The molecule has 0 aromatic carbocycles. The minimum atomic E-state index is -3.14. The van der Waals surface area contributed by atoms with Crippen LogP contribution in [0.15, 0.2) is 0 Å². The topological polar surface area (TPSA) is 72.2 Å². The van der Waals surface area contributed by atoms with Gasteiger partial charge in [-0.05, 0) is 37.6 Å². The second-order valence-corrected chi connectivity index (χ2v) is 7.25. The average Bonchev–Trinajstić information content (AvgIpc) is 2.26. The van der Waals surface area contributed by atoms with Gasteiger partial charge in [-0.1, -0.05) is 26.7 Å². The first-order chi connectivity index (χ1) is 7.96. The molecule has 0 spiro atoms. The van der Waals surface area contributed by atoms with E-state index in [4.69, 9.17) is 5.73 Å². The van der Waals surface area contributed by atoms with E-state index in [0.29, 0.717) is 24.8 Å². The van der Waals surface area contributed by atoms with Gasteiger partial charge in [-0.25, -0.2) is 13.1 Å². The zero-order chi connectivity index (χ0) is 12.9. The molecule has 1 aliphatic carbocycles. The molecule has 4 nitrogen and oxygen atoms in total. The lowest BCUT2D eigenvalue weighted by atomic mass is 9.78. The van der Waals surface area contributed by atoms with E-state index in [1.807, 2.05) is 0 Å². The maximum absolute atomic E-state index is 11.9. The maximum Gasteiger partial charge on any atom is 0.211 e. The van der Waals surface area contributed by atoms with Crippen LogP contribution in [0.1, 0.15) is 46.0 Å². The molecule has 0 saturated heterocycles. The van der Waals surface area contributed by atoms with Gasteiger partial charge in [0.05, 0.1) is 5.75 Å². The van der Waals surface area contributed by atoms with Crippen LogP contribution < -0.4 is 10.5 Å². The minimum absolute atomic E-state index is 0.131. The van der Waals surface area contributed by atoms with E-state index in [1.165, 1.54) is 6.42 Å². The molecule has 0 amide bonds. The number of hydrogen-bond donors (Lipinski definition) is 2. The standard InChI is InChI=1S/C12H26N2O2S/c1-10(2)11-6-3-4-7-12(11)14-17(15,16)9-5-8-13/h10-12,14H,3-9,13H2,1-2H3. The van der Waals surface area contributed by atoms with Gasteiger partial charge in [0.15, 0.2) is 0 Å². The van der Waals surface area contributed by atoms with E-state index in [2.05, 4.69) is 18.6 Å². The van der Waals surface area contributed by atoms with Gasteiger partial charge >= 0.3 is 0 Å². The predicted octanol–water partition coefficient (Wildman–Crippen LogP) is 1.47. The number of sulfonamides is 1. The summed E-state index contributed by atoms with van der Waals surface area (Å²) in [6.07, 6.45) is 5.01. The fraction of sp³-hybridized carbons (Fsp3) is 1.00. The molecule has 0 heterocycles. The van der Waals surface area contributed by atoms with Crippen molar-refractivity contribution in [1.29, 1.82) is 0 Å². The highest BCUT2D eigenvalue weighted by atomic mass is 32.2. The van der Waals surface area contributed by atoms with Crippen LogP contribution in [0.2, 0.25) is 0 Å². The summed E-state index contributed by atoms with van der Waals surface area (Å²) in [6.45, 7) is 4.79. The molecule has 1 aliphatic rings. The molecule has 1 fully saturated rings. The number of hydrogen-bond acceptors (Lipinski definition) is 3. The van der Waals surface area contributed by atoms with Gasteiger partial charge in [0.2, 0.25) is 10.0 Å². The summed E-state index contributed by atoms with van der Waals surface area (Å²) >= 11 is 0. The molecule has 0 bridgehead atoms. The Bertz CT molecular complexity index is 314. The van der Waals surface area contributed by atoms with Crippen molar-refractivity contribution in [3.63, 3.8) is 0 Å². The molecule has 17 heavy (non-hydrogen) atoms. The fourth-order valence-electron chi connectivity index (χ4n) is 2.67. The fourth-order valence-corrected chi connectivity index (χ4v) is 4.09. The summed E-state index contributed by atoms with van der Waals surface area (Å²) < 4.78 is 26.6. The van der Waals surface area contributed by atoms with Crippen LogP contribution in [-0.2, 0) is 10.0 Å². The van der Waals surface area contributed by atoms with Gasteiger partial charge in [0, 0.05) is 6.04 Å². The van der Waals surface area contributed by atoms with Crippen LogP contribution in [0.25, 0.3) is 0 Å². The third-order valence-corrected chi connectivity index (χ3v) is 5.11. The Morgan fingerprint density at radius 1 is 1.29 bits per heavy atom. The van der Waals surface area contributed by atoms with E-state index in [1.54, 1.807) is 0 Å². The summed E-state index contributed by atoms with van der Waals surface area (Å²) in [6, 6.07) is 0.131. The second kappa shape index (κ2) is 6.71. The first kappa shape index (κ1) is 14.9. The SMILES string of the molecule is CC(C)C1CCCCC1NS(=O)(=O)CCCN. The monoisotopic (exact) mass is 262 g/mol. The Morgan fingerprint density at radius 2 is 1.94 bits per heavy atom. The van der Waals surface area contributed by atoms with Crippen molar-refractivity contribution in [3.05, 3.63) is 0 Å².